The lowest BCUT2D eigenvalue weighted by atomic mass is 10.1. The van der Waals surface area contributed by atoms with E-state index in [9.17, 15) is 13.2 Å². The zero-order chi connectivity index (χ0) is 15.7. The molecule has 0 N–H and O–H groups in total. The molecule has 2 aromatic rings. The van der Waals surface area contributed by atoms with Gasteiger partial charge in [0.05, 0.1) is 12.8 Å². The number of fused-ring (bicyclic) bond motifs is 1. The molecule has 1 amide bonds. The lowest BCUT2D eigenvalue weighted by Crippen LogP contribution is -2.26. The first-order valence-corrected chi connectivity index (χ1v) is 8.55. The highest BCUT2D eigenvalue weighted by molar-refractivity contribution is 7.85. The monoisotopic (exact) mass is 321 g/mol. The molecule has 1 atom stereocenters. The average Bonchev–Trinajstić information content (AvgIpc) is 2.85. The van der Waals surface area contributed by atoms with Crippen molar-refractivity contribution in [1.29, 1.82) is 0 Å². The Bertz CT molecular complexity index is 818. The van der Waals surface area contributed by atoms with E-state index in [-0.39, 0.29) is 13.2 Å². The molecule has 22 heavy (non-hydrogen) atoms. The van der Waals surface area contributed by atoms with Crippen molar-refractivity contribution >= 4 is 32.7 Å². The molecule has 0 aromatic heterocycles. The highest BCUT2D eigenvalue weighted by atomic mass is 32.2. The third-order valence-electron chi connectivity index (χ3n) is 3.39. The molecule has 6 nitrogen and oxygen atoms in total. The van der Waals surface area contributed by atoms with Crippen LogP contribution in [0.4, 0.5) is 10.5 Å². The summed E-state index contributed by atoms with van der Waals surface area (Å²) in [6.07, 6.45) is -0.142. The first-order valence-electron chi connectivity index (χ1n) is 6.74. The summed E-state index contributed by atoms with van der Waals surface area (Å²) in [6, 6.07) is 13.5. The number of nitrogens with zero attached hydrogens (tertiary/aromatic N) is 1. The molecule has 0 spiro atoms. The molecular weight excluding hydrogens is 306 g/mol. The minimum atomic E-state index is -3.55. The molecule has 2 aromatic carbocycles. The normalized spacial score (nSPS) is 18.7. The molecule has 0 saturated carbocycles. The van der Waals surface area contributed by atoms with Gasteiger partial charge in [-0.3, -0.25) is 9.08 Å². The van der Waals surface area contributed by atoms with E-state index in [4.69, 9.17) is 4.74 Å². The smallest absolute Gasteiger partial charge is 0.414 e. The number of ether oxygens (including phenoxy) is 1. The standard InChI is InChI=1S/C15H15NO5S/c1-22(18,19)20-10-14-9-16(15(17)21-14)13-7-6-11-4-2-3-5-12(11)8-13/h2-8,14H,9-10H2,1H3. The number of cyclic esters (lactones) is 1. The number of amides is 1. The molecule has 1 aliphatic rings. The van der Waals surface area contributed by atoms with Crippen LogP contribution >= 0.6 is 0 Å². The third-order valence-corrected chi connectivity index (χ3v) is 3.95. The zero-order valence-electron chi connectivity index (χ0n) is 11.9. The van der Waals surface area contributed by atoms with Crippen molar-refractivity contribution in [1.82, 2.24) is 0 Å². The van der Waals surface area contributed by atoms with Gasteiger partial charge in [0, 0.05) is 5.69 Å². The Kier molecular flexibility index (Phi) is 3.76. The molecule has 1 aliphatic heterocycles. The van der Waals surface area contributed by atoms with Crippen molar-refractivity contribution in [3.63, 3.8) is 0 Å². The van der Waals surface area contributed by atoms with Crippen molar-refractivity contribution in [2.45, 2.75) is 6.10 Å². The van der Waals surface area contributed by atoms with Crippen molar-refractivity contribution in [3.8, 4) is 0 Å². The molecule has 116 valence electrons. The topological polar surface area (TPSA) is 72.9 Å². The molecule has 0 bridgehead atoms. The van der Waals surface area contributed by atoms with Gasteiger partial charge in [0.15, 0.2) is 0 Å². The minimum absolute atomic E-state index is 0.172. The Morgan fingerprint density at radius 3 is 2.68 bits per heavy atom. The second kappa shape index (κ2) is 5.58. The predicted octanol–water partition coefficient (Wildman–Crippen LogP) is 2.14. The maximum absolute atomic E-state index is 11.9. The van der Waals surface area contributed by atoms with Gasteiger partial charge in [-0.15, -0.1) is 0 Å². The van der Waals surface area contributed by atoms with Gasteiger partial charge < -0.3 is 4.74 Å². The van der Waals surface area contributed by atoms with E-state index in [2.05, 4.69) is 4.18 Å². The van der Waals surface area contributed by atoms with Crippen LogP contribution in [0, 0.1) is 0 Å². The van der Waals surface area contributed by atoms with Gasteiger partial charge >= 0.3 is 6.09 Å². The number of anilines is 1. The Hall–Kier alpha value is -2.12. The van der Waals surface area contributed by atoms with Crippen LogP contribution in [0.25, 0.3) is 10.8 Å². The molecule has 3 rings (SSSR count). The van der Waals surface area contributed by atoms with Crippen LogP contribution < -0.4 is 4.90 Å². The van der Waals surface area contributed by atoms with Gasteiger partial charge in [-0.2, -0.15) is 8.42 Å². The summed E-state index contributed by atoms with van der Waals surface area (Å²) in [4.78, 5) is 13.4. The summed E-state index contributed by atoms with van der Waals surface area (Å²) in [5.74, 6) is 0. The molecule has 0 aliphatic carbocycles. The summed E-state index contributed by atoms with van der Waals surface area (Å²) < 4.78 is 31.8. The zero-order valence-corrected chi connectivity index (χ0v) is 12.7. The second-order valence-corrected chi connectivity index (χ2v) is 6.78. The molecule has 0 radical (unpaired) electrons. The lowest BCUT2D eigenvalue weighted by Gasteiger charge is -2.13. The van der Waals surface area contributed by atoms with E-state index in [0.717, 1.165) is 17.0 Å². The summed E-state index contributed by atoms with van der Waals surface area (Å²) in [7, 11) is -3.55. The quantitative estimate of drug-likeness (QED) is 0.807. The molecule has 1 unspecified atom stereocenters. The number of hydrogen-bond acceptors (Lipinski definition) is 5. The molecule has 1 saturated heterocycles. The number of hydrogen-bond donors (Lipinski definition) is 0. The van der Waals surface area contributed by atoms with E-state index >= 15 is 0 Å². The SMILES string of the molecule is CS(=O)(=O)OCC1CN(c2ccc3ccccc3c2)C(=O)O1. The van der Waals surface area contributed by atoms with Crippen LogP contribution in [-0.4, -0.2) is 40.0 Å². The Labute approximate surface area is 128 Å². The fourth-order valence-corrected chi connectivity index (χ4v) is 2.76. The largest absolute Gasteiger partial charge is 0.441 e. The third kappa shape index (κ3) is 3.20. The van der Waals surface area contributed by atoms with Crippen LogP contribution in [0.2, 0.25) is 0 Å². The number of carbonyl (C=O) groups is 1. The maximum Gasteiger partial charge on any atom is 0.414 e. The van der Waals surface area contributed by atoms with E-state index in [1.165, 1.54) is 4.90 Å². The summed E-state index contributed by atoms with van der Waals surface area (Å²) >= 11 is 0. The average molecular weight is 321 g/mol. The van der Waals surface area contributed by atoms with E-state index < -0.39 is 22.3 Å². The number of benzene rings is 2. The van der Waals surface area contributed by atoms with Gasteiger partial charge in [-0.25, -0.2) is 4.79 Å². The Balaban J connectivity index is 1.77. The fraction of sp³-hybridized carbons (Fsp3) is 0.267. The Morgan fingerprint density at radius 1 is 1.23 bits per heavy atom. The minimum Gasteiger partial charge on any atom is -0.441 e. The van der Waals surface area contributed by atoms with Crippen molar-refractivity contribution in [3.05, 3.63) is 42.5 Å². The highest BCUT2D eigenvalue weighted by Crippen LogP contribution is 2.26. The van der Waals surface area contributed by atoms with Crippen molar-refractivity contribution < 1.29 is 22.1 Å². The molecule has 1 fully saturated rings. The number of carbonyl (C=O) groups excluding carboxylic acids is 1. The summed E-state index contributed by atoms with van der Waals surface area (Å²) in [5, 5.41) is 2.10. The van der Waals surface area contributed by atoms with E-state index in [1.807, 2.05) is 42.5 Å². The first-order chi connectivity index (χ1) is 10.4. The van der Waals surface area contributed by atoms with E-state index in [1.54, 1.807) is 0 Å². The van der Waals surface area contributed by atoms with Crippen LogP contribution in [0.5, 0.6) is 0 Å². The Morgan fingerprint density at radius 2 is 1.95 bits per heavy atom. The van der Waals surface area contributed by atoms with Gasteiger partial charge in [-0.1, -0.05) is 30.3 Å². The highest BCUT2D eigenvalue weighted by Gasteiger charge is 2.33. The van der Waals surface area contributed by atoms with Gasteiger partial charge in [0.2, 0.25) is 0 Å². The van der Waals surface area contributed by atoms with Crippen molar-refractivity contribution in [2.24, 2.45) is 0 Å². The van der Waals surface area contributed by atoms with Gasteiger partial charge in [-0.05, 0) is 22.9 Å². The fourth-order valence-electron chi connectivity index (χ4n) is 2.36. The van der Waals surface area contributed by atoms with Crippen LogP contribution in [0.15, 0.2) is 42.5 Å². The maximum atomic E-state index is 11.9. The predicted molar refractivity (Wildman–Crippen MR) is 82.4 cm³/mol. The lowest BCUT2D eigenvalue weighted by molar-refractivity contribution is 0.107. The first kappa shape index (κ1) is 14.8. The summed E-state index contributed by atoms with van der Waals surface area (Å²) in [6.45, 7) is 0.0847. The van der Waals surface area contributed by atoms with Crippen LogP contribution in [0.3, 0.4) is 0 Å². The van der Waals surface area contributed by atoms with Crippen molar-refractivity contribution in [2.75, 3.05) is 24.3 Å². The summed E-state index contributed by atoms with van der Waals surface area (Å²) in [5.41, 5.74) is 0.713. The molecule has 7 heteroatoms. The van der Waals surface area contributed by atoms with E-state index in [0.29, 0.717) is 5.69 Å². The molecular formula is C15H15NO5S. The van der Waals surface area contributed by atoms with Gasteiger partial charge in [0.1, 0.15) is 12.7 Å². The second-order valence-electron chi connectivity index (χ2n) is 5.14. The van der Waals surface area contributed by atoms with Crippen LogP contribution in [-0.2, 0) is 19.0 Å². The van der Waals surface area contributed by atoms with Gasteiger partial charge in [0.25, 0.3) is 10.1 Å². The van der Waals surface area contributed by atoms with Crippen LogP contribution in [0.1, 0.15) is 0 Å². The number of rotatable bonds is 4. The molecule has 1 heterocycles.